The van der Waals surface area contributed by atoms with Gasteiger partial charge in [-0.2, -0.15) is 0 Å². The van der Waals surface area contributed by atoms with Gasteiger partial charge < -0.3 is 5.73 Å². The number of rotatable bonds is 2. The number of nitrogens with zero attached hydrogens (tertiary/aromatic N) is 2. The summed E-state index contributed by atoms with van der Waals surface area (Å²) in [6.45, 7) is 0.566. The largest absolute Gasteiger partial charge is 0.330 e. The van der Waals surface area contributed by atoms with E-state index in [2.05, 4.69) is 4.98 Å². The Morgan fingerprint density at radius 1 is 1.24 bits per heavy atom. The minimum absolute atomic E-state index is 0.237. The van der Waals surface area contributed by atoms with Crippen LogP contribution in [0.15, 0.2) is 36.5 Å². The fourth-order valence-electron chi connectivity index (χ4n) is 2.05. The predicted octanol–water partition coefficient (Wildman–Crippen LogP) is 2.13. The van der Waals surface area contributed by atoms with Crippen LogP contribution in [0.1, 0.15) is 5.69 Å². The topological polar surface area (TPSA) is 43.3 Å². The first-order valence-corrected chi connectivity index (χ1v) is 5.54. The van der Waals surface area contributed by atoms with Crippen molar-refractivity contribution in [3.63, 3.8) is 0 Å². The van der Waals surface area contributed by atoms with Crippen LogP contribution in [-0.4, -0.2) is 15.9 Å². The quantitative estimate of drug-likeness (QED) is 0.731. The van der Waals surface area contributed by atoms with Gasteiger partial charge in [-0.3, -0.25) is 4.40 Å². The van der Waals surface area contributed by atoms with E-state index < -0.39 is 0 Å². The van der Waals surface area contributed by atoms with E-state index >= 15 is 0 Å². The van der Waals surface area contributed by atoms with Gasteiger partial charge in [0.15, 0.2) is 0 Å². The minimum Gasteiger partial charge on any atom is -0.330 e. The molecule has 0 radical (unpaired) electrons. The standard InChI is InChI=1S/C13H12FN3/c14-10-3-1-9-2-4-13-16-11(5-6-15)8-17(13)12(9)7-10/h1-4,7-8H,5-6,15H2. The summed E-state index contributed by atoms with van der Waals surface area (Å²) in [4.78, 5) is 4.44. The van der Waals surface area contributed by atoms with Gasteiger partial charge in [-0.1, -0.05) is 0 Å². The molecule has 0 amide bonds. The summed E-state index contributed by atoms with van der Waals surface area (Å²) in [6, 6.07) is 8.64. The van der Waals surface area contributed by atoms with Crippen LogP contribution in [0.4, 0.5) is 4.39 Å². The van der Waals surface area contributed by atoms with Crippen molar-refractivity contribution in [2.75, 3.05) is 6.54 Å². The molecule has 4 heteroatoms. The van der Waals surface area contributed by atoms with Crippen molar-refractivity contribution >= 4 is 16.6 Å². The number of fused-ring (bicyclic) bond motifs is 3. The number of hydrogen-bond donors (Lipinski definition) is 1. The van der Waals surface area contributed by atoms with Crippen molar-refractivity contribution in [3.8, 4) is 0 Å². The smallest absolute Gasteiger partial charge is 0.137 e. The molecular weight excluding hydrogens is 217 g/mol. The molecule has 0 saturated heterocycles. The van der Waals surface area contributed by atoms with Crippen LogP contribution in [0.25, 0.3) is 16.6 Å². The number of aromatic nitrogens is 2. The molecule has 0 spiro atoms. The van der Waals surface area contributed by atoms with Crippen LogP contribution in [0, 0.1) is 5.82 Å². The van der Waals surface area contributed by atoms with Crippen molar-refractivity contribution in [2.24, 2.45) is 5.73 Å². The molecule has 0 aliphatic carbocycles. The molecule has 0 aliphatic heterocycles. The Bertz CT molecular complexity index is 688. The summed E-state index contributed by atoms with van der Waals surface area (Å²) >= 11 is 0. The number of halogens is 1. The molecule has 2 aromatic heterocycles. The second-order valence-corrected chi connectivity index (χ2v) is 4.04. The van der Waals surface area contributed by atoms with Gasteiger partial charge >= 0.3 is 0 Å². The summed E-state index contributed by atoms with van der Waals surface area (Å²) < 4.78 is 15.2. The van der Waals surface area contributed by atoms with Gasteiger partial charge in [0.05, 0.1) is 11.2 Å². The third kappa shape index (κ3) is 1.66. The summed E-state index contributed by atoms with van der Waals surface area (Å²) in [5.41, 5.74) is 8.10. The first-order chi connectivity index (χ1) is 8.28. The van der Waals surface area contributed by atoms with Crippen LogP contribution in [0.5, 0.6) is 0 Å². The fourth-order valence-corrected chi connectivity index (χ4v) is 2.05. The second-order valence-electron chi connectivity index (χ2n) is 4.04. The van der Waals surface area contributed by atoms with Crippen LogP contribution in [0.3, 0.4) is 0 Å². The lowest BCUT2D eigenvalue weighted by Gasteiger charge is -2.01. The van der Waals surface area contributed by atoms with Crippen LogP contribution >= 0.6 is 0 Å². The van der Waals surface area contributed by atoms with Crippen LogP contribution in [0.2, 0.25) is 0 Å². The molecule has 2 heterocycles. The van der Waals surface area contributed by atoms with Gasteiger partial charge in [-0.15, -0.1) is 0 Å². The van der Waals surface area contributed by atoms with Gasteiger partial charge in [0.1, 0.15) is 11.5 Å². The average Bonchev–Trinajstić information content (AvgIpc) is 2.72. The molecule has 1 aromatic carbocycles. The molecule has 86 valence electrons. The van der Waals surface area contributed by atoms with Crippen molar-refractivity contribution in [1.82, 2.24) is 9.38 Å². The zero-order valence-corrected chi connectivity index (χ0v) is 9.23. The molecule has 0 aliphatic rings. The molecule has 17 heavy (non-hydrogen) atoms. The number of pyridine rings is 1. The highest BCUT2D eigenvalue weighted by Gasteiger charge is 2.05. The van der Waals surface area contributed by atoms with Gasteiger partial charge in [0.2, 0.25) is 0 Å². The Labute approximate surface area is 97.7 Å². The van der Waals surface area contributed by atoms with Crippen molar-refractivity contribution in [2.45, 2.75) is 6.42 Å². The third-order valence-corrected chi connectivity index (χ3v) is 2.85. The third-order valence-electron chi connectivity index (χ3n) is 2.85. The fraction of sp³-hybridized carbons (Fsp3) is 0.154. The molecule has 0 unspecified atom stereocenters. The monoisotopic (exact) mass is 229 g/mol. The Hall–Kier alpha value is -1.94. The maximum Gasteiger partial charge on any atom is 0.137 e. The predicted molar refractivity (Wildman–Crippen MR) is 65.4 cm³/mol. The molecule has 3 aromatic rings. The molecule has 3 rings (SSSR count). The molecular formula is C13H12FN3. The first-order valence-electron chi connectivity index (χ1n) is 5.54. The van der Waals surface area contributed by atoms with Crippen molar-refractivity contribution in [3.05, 3.63) is 48.0 Å². The summed E-state index contributed by atoms with van der Waals surface area (Å²) in [5.74, 6) is -0.237. The average molecular weight is 229 g/mol. The van der Waals surface area contributed by atoms with E-state index in [0.717, 1.165) is 28.7 Å². The van der Waals surface area contributed by atoms with Gasteiger partial charge in [-0.05, 0) is 42.3 Å². The summed E-state index contributed by atoms with van der Waals surface area (Å²) in [7, 11) is 0. The zero-order chi connectivity index (χ0) is 11.8. The van der Waals surface area contributed by atoms with Gasteiger partial charge in [0, 0.05) is 12.6 Å². The maximum atomic E-state index is 13.3. The Balaban J connectivity index is 2.33. The molecule has 0 saturated carbocycles. The van der Waals surface area contributed by atoms with E-state index in [1.165, 1.54) is 12.1 Å². The molecule has 3 nitrogen and oxygen atoms in total. The highest BCUT2D eigenvalue weighted by Crippen LogP contribution is 2.18. The maximum absolute atomic E-state index is 13.3. The highest BCUT2D eigenvalue weighted by molar-refractivity contribution is 5.82. The second kappa shape index (κ2) is 3.82. The highest BCUT2D eigenvalue weighted by atomic mass is 19.1. The molecule has 0 bridgehead atoms. The Morgan fingerprint density at radius 3 is 2.88 bits per heavy atom. The zero-order valence-electron chi connectivity index (χ0n) is 9.23. The summed E-state index contributed by atoms with van der Waals surface area (Å²) in [6.07, 6.45) is 2.66. The lowest BCUT2D eigenvalue weighted by atomic mass is 10.2. The van der Waals surface area contributed by atoms with Gasteiger partial charge in [0.25, 0.3) is 0 Å². The normalized spacial score (nSPS) is 11.4. The van der Waals surface area contributed by atoms with Crippen LogP contribution < -0.4 is 5.73 Å². The number of hydrogen-bond acceptors (Lipinski definition) is 2. The lowest BCUT2D eigenvalue weighted by Crippen LogP contribution is -2.02. The Kier molecular flexibility index (Phi) is 2.30. The van der Waals surface area contributed by atoms with E-state index in [4.69, 9.17) is 5.73 Å². The molecule has 0 atom stereocenters. The SMILES string of the molecule is NCCc1cn2c(ccc3ccc(F)cc32)n1. The lowest BCUT2D eigenvalue weighted by molar-refractivity contribution is 0.629. The molecule has 2 N–H and O–H groups in total. The van der Waals surface area contributed by atoms with Gasteiger partial charge in [-0.25, -0.2) is 9.37 Å². The van der Waals surface area contributed by atoms with E-state index in [1.807, 2.05) is 22.7 Å². The van der Waals surface area contributed by atoms with Crippen LogP contribution in [-0.2, 0) is 6.42 Å². The minimum atomic E-state index is -0.237. The van der Waals surface area contributed by atoms with Crippen molar-refractivity contribution in [1.29, 1.82) is 0 Å². The van der Waals surface area contributed by atoms with E-state index in [0.29, 0.717) is 6.54 Å². The number of nitrogens with two attached hydrogens (primary N) is 1. The first kappa shape index (κ1) is 10.2. The summed E-state index contributed by atoms with van der Waals surface area (Å²) in [5, 5.41) is 0.996. The Morgan fingerprint density at radius 2 is 2.06 bits per heavy atom. The number of benzene rings is 1. The molecule has 0 fully saturated rings. The van der Waals surface area contributed by atoms with E-state index in [1.54, 1.807) is 6.07 Å². The number of imidazole rings is 1. The van der Waals surface area contributed by atoms with E-state index in [9.17, 15) is 4.39 Å². The van der Waals surface area contributed by atoms with E-state index in [-0.39, 0.29) is 5.82 Å². The van der Waals surface area contributed by atoms with Crippen molar-refractivity contribution < 1.29 is 4.39 Å².